The van der Waals surface area contributed by atoms with Crippen molar-refractivity contribution in [1.29, 1.82) is 0 Å². The summed E-state index contributed by atoms with van der Waals surface area (Å²) in [7, 11) is 2.19. The molecule has 116 valence electrons. The van der Waals surface area contributed by atoms with E-state index in [0.29, 0.717) is 17.9 Å². The van der Waals surface area contributed by atoms with Crippen molar-refractivity contribution in [2.24, 2.45) is 11.3 Å². The van der Waals surface area contributed by atoms with Crippen LogP contribution < -0.4 is 10.6 Å². The third-order valence-corrected chi connectivity index (χ3v) is 4.52. The molecule has 2 N–H and O–H groups in total. The second-order valence-electron chi connectivity index (χ2n) is 7.38. The average Bonchev–Trinajstić information content (AvgIpc) is 2.68. The van der Waals surface area contributed by atoms with Gasteiger partial charge in [-0.15, -0.1) is 0 Å². The van der Waals surface area contributed by atoms with E-state index >= 15 is 0 Å². The maximum Gasteiger partial charge on any atom is 0.407 e. The maximum absolute atomic E-state index is 11.8. The number of nitrogens with zero attached hydrogens (tertiary/aromatic N) is 1. The van der Waals surface area contributed by atoms with E-state index < -0.39 is 5.60 Å². The highest BCUT2D eigenvalue weighted by Gasteiger charge is 2.44. The van der Waals surface area contributed by atoms with Crippen molar-refractivity contribution in [3.63, 3.8) is 0 Å². The maximum atomic E-state index is 11.8. The zero-order valence-electron chi connectivity index (χ0n) is 13.3. The van der Waals surface area contributed by atoms with Crippen LogP contribution in [0.25, 0.3) is 0 Å². The van der Waals surface area contributed by atoms with Crippen LogP contribution in [0.4, 0.5) is 4.79 Å². The highest BCUT2D eigenvalue weighted by molar-refractivity contribution is 5.67. The molecule has 5 heteroatoms. The van der Waals surface area contributed by atoms with E-state index in [9.17, 15) is 4.79 Å². The Labute approximate surface area is 122 Å². The molecule has 2 aliphatic heterocycles. The van der Waals surface area contributed by atoms with Gasteiger partial charge in [0.25, 0.3) is 0 Å². The molecule has 2 unspecified atom stereocenters. The van der Waals surface area contributed by atoms with Crippen molar-refractivity contribution >= 4 is 6.09 Å². The first-order chi connectivity index (χ1) is 9.31. The first kappa shape index (κ1) is 15.6. The molecule has 5 nitrogen and oxygen atoms in total. The lowest BCUT2D eigenvalue weighted by Crippen LogP contribution is -2.51. The number of hydrogen-bond donors (Lipinski definition) is 2. The molecule has 2 heterocycles. The fraction of sp³-hybridized carbons (Fsp3) is 0.933. The number of carbonyl (C=O) groups excluding carboxylic acids is 1. The van der Waals surface area contributed by atoms with Gasteiger partial charge in [-0.25, -0.2) is 4.79 Å². The summed E-state index contributed by atoms with van der Waals surface area (Å²) in [5.41, 5.74) is -0.0603. The van der Waals surface area contributed by atoms with Crippen LogP contribution in [0.5, 0.6) is 0 Å². The summed E-state index contributed by atoms with van der Waals surface area (Å²) >= 11 is 0. The molecule has 0 radical (unpaired) electrons. The van der Waals surface area contributed by atoms with E-state index in [0.717, 1.165) is 19.6 Å². The number of piperidine rings is 1. The Morgan fingerprint density at radius 1 is 1.45 bits per heavy atom. The summed E-state index contributed by atoms with van der Waals surface area (Å²) in [6.07, 6.45) is 2.15. The molecule has 0 bridgehead atoms. The molecule has 20 heavy (non-hydrogen) atoms. The zero-order valence-corrected chi connectivity index (χ0v) is 13.3. The minimum Gasteiger partial charge on any atom is -0.444 e. The van der Waals surface area contributed by atoms with E-state index in [1.54, 1.807) is 0 Å². The van der Waals surface area contributed by atoms with Gasteiger partial charge in [0.1, 0.15) is 5.60 Å². The predicted octanol–water partition coefficient (Wildman–Crippen LogP) is 1.44. The van der Waals surface area contributed by atoms with Gasteiger partial charge >= 0.3 is 6.09 Å². The molecule has 2 fully saturated rings. The van der Waals surface area contributed by atoms with Crippen LogP contribution in [0, 0.1) is 11.3 Å². The van der Waals surface area contributed by atoms with Crippen molar-refractivity contribution in [3.8, 4) is 0 Å². The smallest absolute Gasteiger partial charge is 0.407 e. The van der Waals surface area contributed by atoms with E-state index in [4.69, 9.17) is 4.74 Å². The Bertz CT molecular complexity index is 350. The van der Waals surface area contributed by atoms with Crippen molar-refractivity contribution in [1.82, 2.24) is 15.5 Å². The molecule has 1 spiro atoms. The lowest BCUT2D eigenvalue weighted by molar-refractivity contribution is 0.0476. The lowest BCUT2D eigenvalue weighted by Gasteiger charge is -2.42. The molecule has 2 saturated heterocycles. The molecule has 2 atom stereocenters. The summed E-state index contributed by atoms with van der Waals surface area (Å²) in [5.74, 6) is 0.494. The minimum absolute atomic E-state index is 0.301. The zero-order chi connectivity index (χ0) is 14.8. The number of amides is 1. The molecular formula is C15H29N3O2. The van der Waals surface area contributed by atoms with Gasteiger partial charge in [0.2, 0.25) is 0 Å². The number of ether oxygens (including phenoxy) is 1. The molecule has 0 saturated carbocycles. The Morgan fingerprint density at radius 3 is 2.80 bits per heavy atom. The number of nitrogens with one attached hydrogen (secondary N) is 2. The van der Waals surface area contributed by atoms with Crippen LogP contribution in [0.1, 0.15) is 33.6 Å². The highest BCUT2D eigenvalue weighted by atomic mass is 16.6. The van der Waals surface area contributed by atoms with Crippen molar-refractivity contribution in [2.45, 2.75) is 39.2 Å². The van der Waals surface area contributed by atoms with Crippen molar-refractivity contribution < 1.29 is 9.53 Å². The molecule has 1 amide bonds. The Balaban J connectivity index is 1.88. The average molecular weight is 283 g/mol. The first-order valence-electron chi connectivity index (χ1n) is 7.67. The number of rotatable bonds is 2. The fourth-order valence-corrected chi connectivity index (χ4v) is 3.49. The molecule has 2 rings (SSSR count). The summed E-state index contributed by atoms with van der Waals surface area (Å²) in [5, 5.41) is 6.42. The topological polar surface area (TPSA) is 53.6 Å². The van der Waals surface area contributed by atoms with Crippen molar-refractivity contribution in [2.75, 3.05) is 39.8 Å². The van der Waals surface area contributed by atoms with E-state index in [-0.39, 0.29) is 6.09 Å². The standard InChI is InChI=1S/C15H29N3O2/c1-14(2,3)20-13(19)17-10-12-9-16-7-5-15(12)6-8-18(4)11-15/h12,16H,5-11H2,1-4H3,(H,17,19). The van der Waals surface area contributed by atoms with Gasteiger partial charge in [-0.05, 0) is 65.1 Å². The number of alkyl carbamates (subject to hydrolysis) is 1. The van der Waals surface area contributed by atoms with Gasteiger partial charge < -0.3 is 20.3 Å². The Hall–Kier alpha value is -0.810. The molecule has 0 aromatic rings. The van der Waals surface area contributed by atoms with Gasteiger partial charge in [0.05, 0.1) is 0 Å². The van der Waals surface area contributed by atoms with E-state index in [1.165, 1.54) is 19.4 Å². The normalized spacial score (nSPS) is 31.5. The predicted molar refractivity (Wildman–Crippen MR) is 79.8 cm³/mol. The Morgan fingerprint density at radius 2 is 2.20 bits per heavy atom. The summed E-state index contributed by atoms with van der Waals surface area (Å²) in [6.45, 7) is 10.8. The minimum atomic E-state index is -0.430. The number of carbonyl (C=O) groups is 1. The largest absolute Gasteiger partial charge is 0.444 e. The van der Waals surface area contributed by atoms with Crippen LogP contribution in [-0.4, -0.2) is 56.4 Å². The van der Waals surface area contributed by atoms with Gasteiger partial charge in [-0.1, -0.05) is 0 Å². The van der Waals surface area contributed by atoms with Gasteiger partial charge in [0, 0.05) is 19.6 Å². The summed E-state index contributed by atoms with van der Waals surface area (Å²) < 4.78 is 5.32. The molecular weight excluding hydrogens is 254 g/mol. The Kier molecular flexibility index (Phi) is 4.59. The number of hydrogen-bond acceptors (Lipinski definition) is 4. The van der Waals surface area contributed by atoms with Crippen LogP contribution in [0.15, 0.2) is 0 Å². The quantitative estimate of drug-likeness (QED) is 0.805. The van der Waals surface area contributed by atoms with Crippen LogP contribution in [0.3, 0.4) is 0 Å². The highest BCUT2D eigenvalue weighted by Crippen LogP contribution is 2.41. The third-order valence-electron chi connectivity index (χ3n) is 4.52. The lowest BCUT2D eigenvalue weighted by atomic mass is 9.70. The van der Waals surface area contributed by atoms with Crippen molar-refractivity contribution in [3.05, 3.63) is 0 Å². The second kappa shape index (κ2) is 5.90. The van der Waals surface area contributed by atoms with E-state index in [2.05, 4.69) is 22.6 Å². The molecule has 0 aliphatic carbocycles. The van der Waals surface area contributed by atoms with Gasteiger partial charge in [-0.2, -0.15) is 0 Å². The first-order valence-corrected chi connectivity index (χ1v) is 7.67. The second-order valence-corrected chi connectivity index (χ2v) is 7.38. The van der Waals surface area contributed by atoms with Gasteiger partial charge in [0.15, 0.2) is 0 Å². The number of likely N-dealkylation sites (tertiary alicyclic amines) is 1. The SMILES string of the molecule is CN1CCC2(CCNCC2CNC(=O)OC(C)(C)C)C1. The van der Waals surface area contributed by atoms with Gasteiger partial charge in [-0.3, -0.25) is 0 Å². The fourth-order valence-electron chi connectivity index (χ4n) is 3.49. The monoisotopic (exact) mass is 283 g/mol. The third kappa shape index (κ3) is 3.85. The summed E-state index contributed by atoms with van der Waals surface area (Å²) in [6, 6.07) is 0. The molecule has 0 aromatic heterocycles. The molecule has 0 aromatic carbocycles. The molecule has 2 aliphatic rings. The van der Waals surface area contributed by atoms with Crippen LogP contribution in [0.2, 0.25) is 0 Å². The van der Waals surface area contributed by atoms with E-state index in [1.807, 2.05) is 20.8 Å². The van der Waals surface area contributed by atoms with Crippen LogP contribution in [-0.2, 0) is 4.74 Å². The summed E-state index contributed by atoms with van der Waals surface area (Å²) in [4.78, 5) is 14.2. The van der Waals surface area contributed by atoms with Crippen LogP contribution >= 0.6 is 0 Å².